The highest BCUT2D eigenvalue weighted by Gasteiger charge is 2.05. The van der Waals surface area contributed by atoms with E-state index >= 15 is 0 Å². The molecule has 1 heterocycles. The second-order valence-electron chi connectivity index (χ2n) is 2.94. The minimum atomic E-state index is 0.845. The summed E-state index contributed by atoms with van der Waals surface area (Å²) in [7, 11) is 1.67. The van der Waals surface area contributed by atoms with E-state index in [-0.39, 0.29) is 0 Å². The summed E-state index contributed by atoms with van der Waals surface area (Å²) in [6, 6.07) is 4.10. The number of benzene rings is 1. The lowest BCUT2D eigenvalue weighted by Gasteiger charge is -2.03. The van der Waals surface area contributed by atoms with E-state index in [2.05, 4.69) is 31.0 Å². The number of hydrogen-bond donors (Lipinski definition) is 1. The molecular formula is C10H10OS2. The molecule has 0 unspecified atom stereocenters. The van der Waals surface area contributed by atoms with Gasteiger partial charge in [0.1, 0.15) is 5.75 Å². The number of thiol groups is 1. The fourth-order valence-electron chi connectivity index (χ4n) is 1.33. The van der Waals surface area contributed by atoms with Crippen LogP contribution in [0.3, 0.4) is 0 Å². The molecule has 2 aromatic rings. The molecule has 0 saturated carbocycles. The van der Waals surface area contributed by atoms with Crippen molar-refractivity contribution >= 4 is 34.1 Å². The first-order chi connectivity index (χ1) is 6.22. The summed E-state index contributed by atoms with van der Waals surface area (Å²) in [5.41, 5.74) is 1.30. The summed E-state index contributed by atoms with van der Waals surface area (Å²) in [5, 5.41) is 3.41. The summed E-state index contributed by atoms with van der Waals surface area (Å²) in [5.74, 6) is 0.845. The lowest BCUT2D eigenvalue weighted by Crippen LogP contribution is -1.83. The van der Waals surface area contributed by atoms with Crippen molar-refractivity contribution in [2.45, 2.75) is 11.8 Å². The number of thiophene rings is 1. The zero-order chi connectivity index (χ0) is 9.42. The molecule has 0 aliphatic rings. The van der Waals surface area contributed by atoms with Gasteiger partial charge >= 0.3 is 0 Å². The van der Waals surface area contributed by atoms with E-state index in [1.54, 1.807) is 18.4 Å². The van der Waals surface area contributed by atoms with Crippen LogP contribution in [0.2, 0.25) is 0 Å². The Balaban J connectivity index is 2.77. The van der Waals surface area contributed by atoms with Crippen molar-refractivity contribution in [3.05, 3.63) is 23.1 Å². The van der Waals surface area contributed by atoms with Gasteiger partial charge < -0.3 is 4.74 Å². The molecule has 0 saturated heterocycles. The molecule has 2 rings (SSSR count). The number of methoxy groups -OCH3 is 1. The van der Waals surface area contributed by atoms with Crippen LogP contribution in [0, 0.1) is 6.92 Å². The molecule has 0 fully saturated rings. The fourth-order valence-corrected chi connectivity index (χ4v) is 2.67. The maximum absolute atomic E-state index is 5.21. The fraction of sp³-hybridized carbons (Fsp3) is 0.200. The Labute approximate surface area is 86.8 Å². The molecule has 0 aliphatic heterocycles. The largest absolute Gasteiger partial charge is 0.496 e. The highest BCUT2D eigenvalue weighted by Crippen LogP contribution is 2.33. The van der Waals surface area contributed by atoms with Crippen LogP contribution in [-0.4, -0.2) is 7.11 Å². The van der Waals surface area contributed by atoms with E-state index in [4.69, 9.17) is 4.74 Å². The Hall–Kier alpha value is -0.670. The Morgan fingerprint density at radius 2 is 2.15 bits per heavy atom. The molecule has 68 valence electrons. The van der Waals surface area contributed by atoms with Crippen LogP contribution in [0.1, 0.15) is 5.56 Å². The molecule has 13 heavy (non-hydrogen) atoms. The van der Waals surface area contributed by atoms with Crippen LogP contribution >= 0.6 is 24.0 Å². The van der Waals surface area contributed by atoms with Crippen LogP contribution in [-0.2, 0) is 0 Å². The van der Waals surface area contributed by atoms with Gasteiger partial charge in [0.2, 0.25) is 0 Å². The lowest BCUT2D eigenvalue weighted by atomic mass is 10.2. The van der Waals surface area contributed by atoms with Crippen molar-refractivity contribution < 1.29 is 4.74 Å². The van der Waals surface area contributed by atoms with Crippen LogP contribution in [0.4, 0.5) is 0 Å². The molecule has 0 N–H and O–H groups in total. The number of aryl methyl sites for hydroxylation is 1. The third kappa shape index (κ3) is 1.42. The van der Waals surface area contributed by atoms with Gasteiger partial charge in [0.25, 0.3) is 0 Å². The monoisotopic (exact) mass is 210 g/mol. The standard InChI is InChI=1S/C10H10OS2/c1-6-5-13-10-4-9(12)8(11-2)3-7(6)10/h3-5,12H,1-2H3. The van der Waals surface area contributed by atoms with E-state index < -0.39 is 0 Å². The van der Waals surface area contributed by atoms with Crippen molar-refractivity contribution in [2.75, 3.05) is 7.11 Å². The quantitative estimate of drug-likeness (QED) is 0.709. The van der Waals surface area contributed by atoms with Crippen LogP contribution in [0.15, 0.2) is 22.4 Å². The summed E-state index contributed by atoms with van der Waals surface area (Å²) >= 11 is 6.09. The topological polar surface area (TPSA) is 9.23 Å². The minimum Gasteiger partial charge on any atom is -0.496 e. The van der Waals surface area contributed by atoms with Gasteiger partial charge in [-0.2, -0.15) is 0 Å². The molecule has 1 nitrogen and oxygen atoms in total. The Kier molecular flexibility index (Phi) is 2.22. The van der Waals surface area contributed by atoms with Crippen molar-refractivity contribution in [3.63, 3.8) is 0 Å². The van der Waals surface area contributed by atoms with Gasteiger partial charge in [-0.25, -0.2) is 0 Å². The van der Waals surface area contributed by atoms with E-state index in [0.29, 0.717) is 0 Å². The third-order valence-corrected chi connectivity index (χ3v) is 3.48. The highest BCUT2D eigenvalue weighted by atomic mass is 32.1. The normalized spacial score (nSPS) is 10.7. The first-order valence-corrected chi connectivity index (χ1v) is 5.30. The predicted octanol–water partition coefficient (Wildman–Crippen LogP) is 3.51. The number of fused-ring (bicyclic) bond motifs is 1. The molecule has 3 heteroatoms. The third-order valence-electron chi connectivity index (χ3n) is 2.07. The van der Waals surface area contributed by atoms with Crippen molar-refractivity contribution in [1.82, 2.24) is 0 Å². The Morgan fingerprint density at radius 1 is 1.38 bits per heavy atom. The van der Waals surface area contributed by atoms with E-state index in [1.165, 1.54) is 15.6 Å². The van der Waals surface area contributed by atoms with Crippen LogP contribution < -0.4 is 4.74 Å². The van der Waals surface area contributed by atoms with Crippen LogP contribution in [0.25, 0.3) is 10.1 Å². The van der Waals surface area contributed by atoms with Gasteiger partial charge in [0, 0.05) is 9.60 Å². The summed E-state index contributed by atoms with van der Waals surface area (Å²) in [6.07, 6.45) is 0. The minimum absolute atomic E-state index is 0.845. The second kappa shape index (κ2) is 3.24. The lowest BCUT2D eigenvalue weighted by molar-refractivity contribution is 0.406. The maximum Gasteiger partial charge on any atom is 0.132 e. The number of rotatable bonds is 1. The Morgan fingerprint density at radius 3 is 2.85 bits per heavy atom. The van der Waals surface area contributed by atoms with Gasteiger partial charge in [-0.05, 0) is 35.4 Å². The van der Waals surface area contributed by atoms with Gasteiger partial charge in [-0.15, -0.1) is 24.0 Å². The molecule has 1 aromatic carbocycles. The van der Waals surface area contributed by atoms with E-state index in [1.807, 2.05) is 6.07 Å². The number of ether oxygens (including phenoxy) is 1. The van der Waals surface area contributed by atoms with Crippen molar-refractivity contribution in [3.8, 4) is 5.75 Å². The average Bonchev–Trinajstić information content (AvgIpc) is 2.46. The first-order valence-electron chi connectivity index (χ1n) is 3.97. The van der Waals surface area contributed by atoms with Crippen molar-refractivity contribution in [1.29, 1.82) is 0 Å². The summed E-state index contributed by atoms with van der Waals surface area (Å²) in [6.45, 7) is 2.11. The Bertz CT molecular complexity index is 445. The zero-order valence-corrected chi connectivity index (χ0v) is 9.21. The molecule has 0 atom stereocenters. The van der Waals surface area contributed by atoms with Gasteiger partial charge in [0.15, 0.2) is 0 Å². The summed E-state index contributed by atoms with van der Waals surface area (Å²) in [4.78, 5) is 0.900. The molecule has 1 aromatic heterocycles. The van der Waals surface area contributed by atoms with Gasteiger partial charge in [0.05, 0.1) is 7.11 Å². The van der Waals surface area contributed by atoms with E-state index in [0.717, 1.165) is 10.6 Å². The maximum atomic E-state index is 5.21. The van der Waals surface area contributed by atoms with Crippen molar-refractivity contribution in [2.24, 2.45) is 0 Å². The molecular weight excluding hydrogens is 200 g/mol. The zero-order valence-electron chi connectivity index (χ0n) is 7.50. The molecule has 0 aliphatic carbocycles. The van der Waals surface area contributed by atoms with Gasteiger partial charge in [-0.3, -0.25) is 0 Å². The van der Waals surface area contributed by atoms with E-state index in [9.17, 15) is 0 Å². The second-order valence-corrected chi connectivity index (χ2v) is 4.33. The highest BCUT2D eigenvalue weighted by molar-refractivity contribution is 7.80. The van der Waals surface area contributed by atoms with Crippen LogP contribution in [0.5, 0.6) is 5.75 Å². The van der Waals surface area contributed by atoms with Gasteiger partial charge in [-0.1, -0.05) is 0 Å². The predicted molar refractivity (Wildman–Crippen MR) is 60.4 cm³/mol. The molecule has 0 radical (unpaired) electrons. The smallest absolute Gasteiger partial charge is 0.132 e. The molecule has 0 spiro atoms. The molecule has 0 bridgehead atoms. The summed E-state index contributed by atoms with van der Waals surface area (Å²) < 4.78 is 6.47. The average molecular weight is 210 g/mol. The SMILES string of the molecule is COc1cc2c(C)csc2cc1S. The molecule has 0 amide bonds. The number of hydrogen-bond acceptors (Lipinski definition) is 3. The first kappa shape index (κ1) is 8.91.